The minimum atomic E-state index is -3.83. The molecule has 0 radical (unpaired) electrons. The maximum absolute atomic E-state index is 11.9. The first-order chi connectivity index (χ1) is 7.99. The van der Waals surface area contributed by atoms with Crippen LogP contribution in [0.3, 0.4) is 0 Å². The van der Waals surface area contributed by atoms with Gasteiger partial charge in [-0.3, -0.25) is 4.18 Å². The quantitative estimate of drug-likeness (QED) is 0.797. The molecule has 17 heavy (non-hydrogen) atoms. The Morgan fingerprint density at radius 1 is 1.29 bits per heavy atom. The van der Waals surface area contributed by atoms with Crippen LogP contribution in [0, 0.1) is 6.92 Å². The highest BCUT2D eigenvalue weighted by atomic mass is 32.2. The lowest BCUT2D eigenvalue weighted by atomic mass is 10.2. The van der Waals surface area contributed by atoms with Crippen molar-refractivity contribution in [3.05, 3.63) is 29.8 Å². The van der Waals surface area contributed by atoms with E-state index in [1.807, 2.05) is 6.92 Å². The van der Waals surface area contributed by atoms with Gasteiger partial charge in [0.2, 0.25) is 0 Å². The standard InChI is InChI=1S/C11H14O5S/c1-8-2-4-9(5-3-8)17(13,14)16-11-7-15-6-10(11)12/h2-5,10-12H,6-7H2,1H3/t10-,11?/m1/s1. The summed E-state index contributed by atoms with van der Waals surface area (Å²) in [5.41, 5.74) is 0.966. The van der Waals surface area contributed by atoms with Crippen molar-refractivity contribution in [2.45, 2.75) is 24.0 Å². The minimum absolute atomic E-state index is 0.0854. The Kier molecular flexibility index (Phi) is 3.48. The summed E-state index contributed by atoms with van der Waals surface area (Å²) in [4.78, 5) is 0.0854. The van der Waals surface area contributed by atoms with Crippen LogP contribution in [-0.2, 0) is 19.0 Å². The van der Waals surface area contributed by atoms with E-state index in [1.54, 1.807) is 12.1 Å². The summed E-state index contributed by atoms with van der Waals surface area (Å²) in [6.07, 6.45) is -1.71. The predicted molar refractivity (Wildman–Crippen MR) is 60.1 cm³/mol. The molecule has 6 heteroatoms. The fourth-order valence-electron chi connectivity index (χ4n) is 1.54. The number of aliphatic hydroxyl groups excluding tert-OH is 1. The normalized spacial score (nSPS) is 25.1. The molecule has 0 saturated carbocycles. The van der Waals surface area contributed by atoms with Crippen LogP contribution in [0.25, 0.3) is 0 Å². The summed E-state index contributed by atoms with van der Waals surface area (Å²) in [5, 5.41) is 9.43. The van der Waals surface area contributed by atoms with Gasteiger partial charge in [-0.2, -0.15) is 8.42 Å². The zero-order valence-electron chi connectivity index (χ0n) is 9.37. The van der Waals surface area contributed by atoms with Crippen molar-refractivity contribution in [1.82, 2.24) is 0 Å². The van der Waals surface area contributed by atoms with Crippen LogP contribution in [0.2, 0.25) is 0 Å². The molecular weight excluding hydrogens is 244 g/mol. The molecule has 1 aliphatic heterocycles. The van der Waals surface area contributed by atoms with E-state index >= 15 is 0 Å². The first-order valence-corrected chi connectivity index (χ1v) is 6.65. The van der Waals surface area contributed by atoms with Gasteiger partial charge in [-0.15, -0.1) is 0 Å². The molecule has 0 bridgehead atoms. The van der Waals surface area contributed by atoms with Gasteiger partial charge in [0, 0.05) is 0 Å². The molecule has 0 amide bonds. The van der Waals surface area contributed by atoms with Gasteiger partial charge in [-0.1, -0.05) is 17.7 Å². The number of ether oxygens (including phenoxy) is 1. The van der Waals surface area contributed by atoms with Crippen molar-refractivity contribution in [3.63, 3.8) is 0 Å². The molecule has 1 aromatic rings. The van der Waals surface area contributed by atoms with Crippen LogP contribution in [-0.4, -0.2) is 38.9 Å². The third kappa shape index (κ3) is 2.84. The fourth-order valence-corrected chi connectivity index (χ4v) is 2.63. The lowest BCUT2D eigenvalue weighted by Gasteiger charge is -2.13. The number of aryl methyl sites for hydroxylation is 1. The van der Waals surface area contributed by atoms with Crippen LogP contribution < -0.4 is 0 Å². The Hall–Kier alpha value is -0.950. The molecule has 1 fully saturated rings. The molecule has 1 heterocycles. The molecule has 1 saturated heterocycles. The Labute approximate surface area is 100 Å². The first-order valence-electron chi connectivity index (χ1n) is 5.25. The van der Waals surface area contributed by atoms with E-state index in [0.717, 1.165) is 5.56 Å². The van der Waals surface area contributed by atoms with E-state index in [9.17, 15) is 13.5 Å². The van der Waals surface area contributed by atoms with E-state index < -0.39 is 22.3 Å². The second kappa shape index (κ2) is 4.73. The Morgan fingerprint density at radius 3 is 2.47 bits per heavy atom. The molecule has 1 unspecified atom stereocenters. The predicted octanol–water partition coefficient (Wildman–Crippen LogP) is 0.460. The largest absolute Gasteiger partial charge is 0.388 e. The molecule has 94 valence electrons. The van der Waals surface area contributed by atoms with Crippen molar-refractivity contribution < 1.29 is 22.4 Å². The Bertz CT molecular complexity index is 479. The van der Waals surface area contributed by atoms with Gasteiger partial charge in [0.05, 0.1) is 18.1 Å². The summed E-state index contributed by atoms with van der Waals surface area (Å²) in [6, 6.07) is 6.34. The summed E-state index contributed by atoms with van der Waals surface area (Å²) >= 11 is 0. The van der Waals surface area contributed by atoms with Gasteiger partial charge >= 0.3 is 0 Å². The van der Waals surface area contributed by atoms with Crippen molar-refractivity contribution in [3.8, 4) is 0 Å². The average molecular weight is 258 g/mol. The number of rotatable bonds is 3. The summed E-state index contributed by atoms with van der Waals surface area (Å²) in [5.74, 6) is 0. The second-order valence-electron chi connectivity index (χ2n) is 4.01. The highest BCUT2D eigenvalue weighted by molar-refractivity contribution is 7.86. The zero-order valence-corrected chi connectivity index (χ0v) is 10.2. The van der Waals surface area contributed by atoms with E-state index in [1.165, 1.54) is 12.1 Å². The van der Waals surface area contributed by atoms with Crippen molar-refractivity contribution in [2.24, 2.45) is 0 Å². The van der Waals surface area contributed by atoms with Crippen LogP contribution in [0.1, 0.15) is 5.56 Å². The van der Waals surface area contributed by atoms with Gasteiger partial charge in [0.1, 0.15) is 12.2 Å². The molecule has 0 spiro atoms. The summed E-state index contributed by atoms with van der Waals surface area (Å²) < 4.78 is 33.6. The number of hydrogen-bond acceptors (Lipinski definition) is 5. The lowest BCUT2D eigenvalue weighted by Crippen LogP contribution is -2.29. The van der Waals surface area contributed by atoms with Crippen LogP contribution >= 0.6 is 0 Å². The van der Waals surface area contributed by atoms with E-state index in [0.29, 0.717) is 0 Å². The van der Waals surface area contributed by atoms with Gasteiger partial charge in [0.15, 0.2) is 0 Å². The van der Waals surface area contributed by atoms with Gasteiger partial charge in [-0.05, 0) is 19.1 Å². The molecule has 0 aromatic heterocycles. The van der Waals surface area contributed by atoms with E-state index in [4.69, 9.17) is 8.92 Å². The van der Waals surface area contributed by atoms with Gasteiger partial charge < -0.3 is 9.84 Å². The summed E-state index contributed by atoms with van der Waals surface area (Å²) in [7, 11) is -3.83. The first kappa shape index (κ1) is 12.5. The third-order valence-corrected chi connectivity index (χ3v) is 3.91. The Balaban J connectivity index is 2.16. The molecule has 2 atom stereocenters. The SMILES string of the molecule is Cc1ccc(S(=O)(=O)OC2COC[C@H]2O)cc1. The smallest absolute Gasteiger partial charge is 0.297 e. The highest BCUT2D eigenvalue weighted by Crippen LogP contribution is 2.19. The molecule has 1 aromatic carbocycles. The monoisotopic (exact) mass is 258 g/mol. The van der Waals surface area contributed by atoms with E-state index in [-0.39, 0.29) is 18.1 Å². The maximum atomic E-state index is 11.9. The van der Waals surface area contributed by atoms with Crippen LogP contribution in [0.5, 0.6) is 0 Å². The highest BCUT2D eigenvalue weighted by Gasteiger charge is 2.32. The van der Waals surface area contributed by atoms with Crippen molar-refractivity contribution in [1.29, 1.82) is 0 Å². The fraction of sp³-hybridized carbons (Fsp3) is 0.455. The molecule has 1 aliphatic rings. The van der Waals surface area contributed by atoms with E-state index in [2.05, 4.69) is 0 Å². The number of aliphatic hydroxyl groups is 1. The number of benzene rings is 1. The summed E-state index contributed by atoms with van der Waals surface area (Å²) in [6.45, 7) is 2.06. The van der Waals surface area contributed by atoms with Crippen LogP contribution in [0.4, 0.5) is 0 Å². The molecular formula is C11H14O5S. The minimum Gasteiger partial charge on any atom is -0.388 e. The molecule has 2 rings (SSSR count). The Morgan fingerprint density at radius 2 is 1.94 bits per heavy atom. The average Bonchev–Trinajstić information content (AvgIpc) is 2.64. The van der Waals surface area contributed by atoms with Crippen molar-refractivity contribution >= 4 is 10.1 Å². The topological polar surface area (TPSA) is 72.8 Å². The number of hydrogen-bond donors (Lipinski definition) is 1. The van der Waals surface area contributed by atoms with Crippen molar-refractivity contribution in [2.75, 3.05) is 13.2 Å². The van der Waals surface area contributed by atoms with Gasteiger partial charge in [-0.25, -0.2) is 0 Å². The third-order valence-electron chi connectivity index (χ3n) is 2.56. The van der Waals surface area contributed by atoms with Gasteiger partial charge in [0.25, 0.3) is 10.1 Å². The maximum Gasteiger partial charge on any atom is 0.297 e. The van der Waals surface area contributed by atoms with Crippen LogP contribution in [0.15, 0.2) is 29.2 Å². The lowest BCUT2D eigenvalue weighted by molar-refractivity contribution is 0.0773. The molecule has 5 nitrogen and oxygen atoms in total. The second-order valence-corrected chi connectivity index (χ2v) is 5.58. The zero-order chi connectivity index (χ0) is 12.5. The molecule has 1 N–H and O–H groups in total. The molecule has 0 aliphatic carbocycles.